The summed E-state index contributed by atoms with van der Waals surface area (Å²) in [5, 5.41) is -1.65. The van der Waals surface area contributed by atoms with Crippen LogP contribution in [0.2, 0.25) is 0 Å². The third kappa shape index (κ3) is 5.06. The van der Waals surface area contributed by atoms with Gasteiger partial charge in [0.1, 0.15) is 15.6 Å². The molecule has 5 aromatic carbocycles. The fraction of sp³-hybridized carbons (Fsp3) is 0.0857. The van der Waals surface area contributed by atoms with Crippen molar-refractivity contribution in [2.45, 2.75) is 23.9 Å². The summed E-state index contributed by atoms with van der Waals surface area (Å²) in [6.45, 7) is 3.74. The lowest BCUT2D eigenvalue weighted by atomic mass is 9.80. The molecule has 0 fully saturated rings. The van der Waals surface area contributed by atoms with Crippen LogP contribution >= 0.6 is 7.60 Å². The minimum absolute atomic E-state index is 0.0193. The summed E-state index contributed by atoms with van der Waals surface area (Å²) in [5.41, 5.74) is 3.57. The fourth-order valence-corrected chi connectivity index (χ4v) is 8.67. The molecule has 0 saturated heterocycles. The third-order valence-corrected chi connectivity index (χ3v) is 10.8. The molecule has 0 radical (unpaired) electrons. The Labute approximate surface area is 256 Å². The average molecular weight is 624 g/mol. The molecule has 0 unspecified atom stereocenters. The monoisotopic (exact) mass is 623 g/mol. The molecule has 222 valence electrons. The second-order valence-corrected chi connectivity index (χ2v) is 14.1. The Morgan fingerprint density at radius 2 is 1.25 bits per heavy atom. The second-order valence-electron chi connectivity index (χ2n) is 10.8. The van der Waals surface area contributed by atoms with E-state index in [-0.39, 0.29) is 21.8 Å². The van der Waals surface area contributed by atoms with Crippen LogP contribution in [0.5, 0.6) is 0 Å². The van der Waals surface area contributed by atoms with Crippen LogP contribution in [-0.2, 0) is 19.7 Å². The number of rotatable bonds is 8. The van der Waals surface area contributed by atoms with Gasteiger partial charge in [-0.15, -0.1) is 0 Å². The van der Waals surface area contributed by atoms with Crippen LogP contribution < -0.4 is 4.72 Å². The SMILES string of the molecule is Cc1ccc(NS(=O)(=O)c2c(-c3cc(C)ccc3C(c3ccccc3)(c3ccccc3)P(=O)(O)O)oc3ccccc23)cc1. The number of hydrogen-bond acceptors (Lipinski definition) is 4. The predicted molar refractivity (Wildman–Crippen MR) is 173 cm³/mol. The van der Waals surface area contributed by atoms with Gasteiger partial charge in [-0.1, -0.05) is 108 Å². The van der Waals surface area contributed by atoms with Gasteiger partial charge in [-0.2, -0.15) is 0 Å². The molecular formula is C35H30NO6PS. The van der Waals surface area contributed by atoms with E-state index < -0.39 is 22.8 Å². The van der Waals surface area contributed by atoms with Gasteiger partial charge in [0.15, 0.2) is 5.76 Å². The summed E-state index contributed by atoms with van der Waals surface area (Å²) in [6, 6.07) is 36.0. The third-order valence-electron chi connectivity index (χ3n) is 7.75. The van der Waals surface area contributed by atoms with Crippen LogP contribution in [0.1, 0.15) is 27.8 Å². The van der Waals surface area contributed by atoms with Crippen LogP contribution in [-0.4, -0.2) is 18.2 Å². The summed E-state index contributed by atoms with van der Waals surface area (Å²) in [7, 11) is -9.36. The Hall–Kier alpha value is -4.46. The van der Waals surface area contributed by atoms with Crippen molar-refractivity contribution in [3.8, 4) is 11.3 Å². The molecule has 0 amide bonds. The maximum absolute atomic E-state index is 14.2. The molecule has 0 saturated carbocycles. The minimum Gasteiger partial charge on any atom is -0.455 e. The largest absolute Gasteiger partial charge is 0.455 e. The molecule has 9 heteroatoms. The van der Waals surface area contributed by atoms with Gasteiger partial charge in [0, 0.05) is 16.6 Å². The van der Waals surface area contributed by atoms with Crippen molar-refractivity contribution in [3.63, 3.8) is 0 Å². The van der Waals surface area contributed by atoms with E-state index in [1.165, 1.54) is 0 Å². The van der Waals surface area contributed by atoms with E-state index in [1.54, 1.807) is 127 Å². The highest BCUT2D eigenvalue weighted by Crippen LogP contribution is 2.65. The maximum Gasteiger partial charge on any atom is 0.344 e. The van der Waals surface area contributed by atoms with Crippen molar-refractivity contribution in [1.82, 2.24) is 0 Å². The lowest BCUT2D eigenvalue weighted by molar-refractivity contribution is 0.349. The van der Waals surface area contributed by atoms with E-state index in [2.05, 4.69) is 4.72 Å². The first-order valence-corrected chi connectivity index (χ1v) is 17.0. The number of anilines is 1. The van der Waals surface area contributed by atoms with E-state index in [4.69, 9.17) is 4.42 Å². The average Bonchev–Trinajstić information content (AvgIpc) is 3.40. The molecule has 0 aliphatic heterocycles. The number of sulfonamides is 1. The molecule has 6 aromatic rings. The van der Waals surface area contributed by atoms with Crippen molar-refractivity contribution >= 4 is 34.3 Å². The highest BCUT2D eigenvalue weighted by atomic mass is 32.2. The van der Waals surface area contributed by atoms with Crippen molar-refractivity contribution in [2.75, 3.05) is 4.72 Å². The zero-order chi connectivity index (χ0) is 31.1. The first-order chi connectivity index (χ1) is 21.0. The van der Waals surface area contributed by atoms with Crippen LogP contribution in [0.15, 0.2) is 137 Å². The molecule has 6 rings (SSSR count). The Bertz CT molecular complexity index is 2080. The van der Waals surface area contributed by atoms with Gasteiger partial charge in [0.05, 0.1) is 0 Å². The summed E-state index contributed by atoms with van der Waals surface area (Å²) in [6.07, 6.45) is 0. The summed E-state index contributed by atoms with van der Waals surface area (Å²) in [5.74, 6) is -0.0193. The number of para-hydroxylation sites is 1. The van der Waals surface area contributed by atoms with E-state index in [9.17, 15) is 22.8 Å². The molecule has 0 bridgehead atoms. The first-order valence-electron chi connectivity index (χ1n) is 13.9. The van der Waals surface area contributed by atoms with Crippen LogP contribution in [0.4, 0.5) is 5.69 Å². The molecule has 0 spiro atoms. The summed E-state index contributed by atoms with van der Waals surface area (Å²) in [4.78, 5) is 22.6. The molecule has 7 nitrogen and oxygen atoms in total. The predicted octanol–water partition coefficient (Wildman–Crippen LogP) is 7.99. The summed E-state index contributed by atoms with van der Waals surface area (Å²) < 4.78 is 51.4. The first kappa shape index (κ1) is 29.6. The number of benzene rings is 5. The topological polar surface area (TPSA) is 117 Å². The maximum atomic E-state index is 14.2. The number of fused-ring (bicyclic) bond motifs is 1. The fourth-order valence-electron chi connectivity index (χ4n) is 5.78. The van der Waals surface area contributed by atoms with Gasteiger partial charge < -0.3 is 14.2 Å². The zero-order valence-electron chi connectivity index (χ0n) is 24.0. The number of furan rings is 1. The highest BCUT2D eigenvalue weighted by Gasteiger charge is 2.53. The van der Waals surface area contributed by atoms with Crippen LogP contribution in [0, 0.1) is 13.8 Å². The van der Waals surface area contributed by atoms with Crippen molar-refractivity contribution in [3.05, 3.63) is 155 Å². The van der Waals surface area contributed by atoms with E-state index >= 15 is 0 Å². The van der Waals surface area contributed by atoms with Gasteiger partial charge in [-0.3, -0.25) is 9.29 Å². The lowest BCUT2D eigenvalue weighted by Gasteiger charge is -2.37. The Balaban J connectivity index is 1.72. The zero-order valence-corrected chi connectivity index (χ0v) is 25.7. The number of hydrogen-bond donors (Lipinski definition) is 3. The molecule has 0 aliphatic rings. The van der Waals surface area contributed by atoms with Crippen molar-refractivity contribution in [1.29, 1.82) is 0 Å². The quantitative estimate of drug-likeness (QED) is 0.117. The van der Waals surface area contributed by atoms with Gasteiger partial charge in [0.25, 0.3) is 10.0 Å². The van der Waals surface area contributed by atoms with Crippen molar-refractivity contribution < 1.29 is 27.2 Å². The molecule has 1 heterocycles. The van der Waals surface area contributed by atoms with Gasteiger partial charge in [0.2, 0.25) is 0 Å². The Kier molecular flexibility index (Phi) is 7.56. The molecular weight excluding hydrogens is 593 g/mol. The normalized spacial score (nSPS) is 12.4. The van der Waals surface area contributed by atoms with Gasteiger partial charge >= 0.3 is 7.60 Å². The van der Waals surface area contributed by atoms with Crippen LogP contribution in [0.3, 0.4) is 0 Å². The summed E-state index contributed by atoms with van der Waals surface area (Å²) >= 11 is 0. The molecule has 0 aliphatic carbocycles. The van der Waals surface area contributed by atoms with E-state index in [1.807, 2.05) is 13.8 Å². The van der Waals surface area contributed by atoms with E-state index in [0.29, 0.717) is 27.8 Å². The number of aryl methyl sites for hydroxylation is 2. The molecule has 0 atom stereocenters. The highest BCUT2D eigenvalue weighted by molar-refractivity contribution is 7.93. The molecule has 3 N–H and O–H groups in total. The standard InChI is InChI=1S/C35H30NO6PS/c1-24-17-20-28(21-18-24)36-44(40,41)34-29-15-9-10-16-32(29)42-33(34)30-23-25(2)19-22-31(30)35(43(37,38)39,26-11-5-3-6-12-26)27-13-7-4-8-14-27/h3-23,36H,1-2H3,(H2,37,38,39). The number of nitrogens with one attached hydrogen (secondary N) is 1. The van der Waals surface area contributed by atoms with E-state index in [0.717, 1.165) is 11.1 Å². The minimum atomic E-state index is -5.09. The second kappa shape index (κ2) is 11.2. The lowest BCUT2D eigenvalue weighted by Crippen LogP contribution is -2.30. The Morgan fingerprint density at radius 1 is 0.705 bits per heavy atom. The molecule has 1 aromatic heterocycles. The van der Waals surface area contributed by atoms with Gasteiger partial charge in [-0.25, -0.2) is 8.42 Å². The smallest absolute Gasteiger partial charge is 0.344 e. The molecule has 44 heavy (non-hydrogen) atoms. The van der Waals surface area contributed by atoms with Gasteiger partial charge in [-0.05, 0) is 60.9 Å². The van der Waals surface area contributed by atoms with Crippen molar-refractivity contribution in [2.24, 2.45) is 0 Å². The van der Waals surface area contributed by atoms with Crippen LogP contribution in [0.25, 0.3) is 22.3 Å². The Morgan fingerprint density at radius 3 is 1.84 bits per heavy atom.